The average molecular weight is 1990 g/mol. The molecule has 1 amide bonds. The molecule has 0 aromatic carbocycles. The van der Waals surface area contributed by atoms with Crippen molar-refractivity contribution >= 4 is 64.2 Å². The summed E-state index contributed by atoms with van der Waals surface area (Å²) in [7, 11) is -7.25. The van der Waals surface area contributed by atoms with Crippen LogP contribution in [0.25, 0.3) is 0 Å². The normalized spacial score (nSPS) is 17.9. The van der Waals surface area contributed by atoms with Gasteiger partial charge in [0.2, 0.25) is 12.3 Å². The predicted molar refractivity (Wildman–Crippen MR) is 617 cm³/mol. The van der Waals surface area contributed by atoms with E-state index in [4.69, 9.17) is 4.74 Å². The summed E-state index contributed by atoms with van der Waals surface area (Å²) in [6.45, 7) is 110. The maximum Gasteiger partial charge on any atom is 0.246 e. The van der Waals surface area contributed by atoms with Crippen LogP contribution < -0.4 is 16.0 Å². The lowest BCUT2D eigenvalue weighted by Gasteiger charge is -2.11. The molecule has 9 fully saturated rings. The van der Waals surface area contributed by atoms with Crippen LogP contribution in [0.1, 0.15) is 520 Å². The highest BCUT2D eigenvalue weighted by atomic mass is 32.2. The van der Waals surface area contributed by atoms with E-state index in [1.165, 1.54) is 166 Å². The highest BCUT2D eigenvalue weighted by Gasteiger charge is 2.17. The minimum absolute atomic E-state index is 0. The summed E-state index contributed by atoms with van der Waals surface area (Å²) in [5, 5.41) is 12.1. The molecule has 16 nitrogen and oxygen atoms in total. The van der Waals surface area contributed by atoms with Gasteiger partial charge in [-0.2, -0.15) is 10.5 Å². The Morgan fingerprint density at radius 3 is 0.597 bits per heavy atom. The van der Waals surface area contributed by atoms with Crippen LogP contribution in [0.3, 0.4) is 0 Å². The van der Waals surface area contributed by atoms with Gasteiger partial charge in [0.1, 0.15) is 26.3 Å². The van der Waals surface area contributed by atoms with E-state index in [1.807, 2.05) is 24.6 Å². The third-order valence-corrected chi connectivity index (χ3v) is 19.3. The molecule has 20 heteroatoms. The largest absolute Gasteiger partial charge is 0.370 e. The second-order valence-corrected chi connectivity index (χ2v) is 64.0. The summed E-state index contributed by atoms with van der Waals surface area (Å²) in [5.74, 6) is 9.14. The van der Waals surface area contributed by atoms with Gasteiger partial charge in [0.15, 0.2) is 16.2 Å². The van der Waals surface area contributed by atoms with E-state index in [0.717, 1.165) is 51.4 Å². The van der Waals surface area contributed by atoms with Crippen molar-refractivity contribution in [1.82, 2.24) is 26.1 Å². The van der Waals surface area contributed by atoms with Gasteiger partial charge in [-0.15, -0.1) is 0 Å². The zero-order valence-corrected chi connectivity index (χ0v) is 102. The van der Waals surface area contributed by atoms with Crippen LogP contribution in [0.2, 0.25) is 0 Å². The molecule has 11 aliphatic rings. The maximum absolute atomic E-state index is 10.7. The molecule has 8 aliphatic heterocycles. The Balaban J connectivity index is -0.000000104. The first-order chi connectivity index (χ1) is 59.4. The molecular weight excluding hydrogens is 1740 g/mol. The molecule has 1 aromatic heterocycles. The Bertz CT molecular complexity index is 2470. The number of piperidine rings is 1. The Morgan fingerprint density at radius 2 is 0.507 bits per heavy atom. The van der Waals surface area contributed by atoms with Crippen molar-refractivity contribution < 1.29 is 39.3 Å². The van der Waals surface area contributed by atoms with Crippen LogP contribution in [-0.2, 0) is 39.0 Å². The molecule has 0 radical (unpaired) electrons. The number of ether oxygens (including phenoxy) is 1. The number of morpholine rings is 1. The lowest BCUT2D eigenvalue weighted by molar-refractivity contribution is -0.129. The smallest absolute Gasteiger partial charge is 0.246 e. The van der Waals surface area contributed by atoms with Crippen molar-refractivity contribution in [3.05, 3.63) is 37.3 Å². The molecule has 3 N–H and O–H groups in total. The number of amides is 1. The van der Waals surface area contributed by atoms with Gasteiger partial charge >= 0.3 is 0 Å². The molecule has 12 rings (SSSR count). The van der Waals surface area contributed by atoms with Gasteiger partial charge in [-0.1, -0.05) is 479 Å². The summed E-state index contributed by atoms with van der Waals surface area (Å²) in [4.78, 5) is 21.2. The minimum atomic E-state index is -2.65. The SMILES string of the molecule is C.C1=CN=CC1.C1=CN=CC1.C1CCC1.C1CCC1.C1CCCCC1.C1CCNCC1.C=S1CCCCC1.CC(C)(C)C.CC(C)(C)C.CC(C)(C)C.CC(C)(C)C.CC(C)(C)C.CC(C)(C)C.CC(C)(C)C.CC(C)(C)C.CC(C)(C)C.CC(C)(C)C.CC(C)(C)C.CC(C)(C)C.O=C1COCCN1.O=S1(=O)CCCCC1.O=S1(=O)CCCCC1.O=S1(=O)CCNCC1.c1ncon1. The fourth-order valence-corrected chi connectivity index (χ4v) is 12.5. The summed E-state index contributed by atoms with van der Waals surface area (Å²) in [6.07, 6.45) is 51.3. The van der Waals surface area contributed by atoms with Crippen LogP contribution in [0.5, 0.6) is 0 Å². The molecule has 1 aromatic rings. The van der Waals surface area contributed by atoms with Crippen LogP contribution in [-0.4, -0.2) is 152 Å². The van der Waals surface area contributed by atoms with Crippen molar-refractivity contribution in [3.63, 3.8) is 0 Å². The lowest BCUT2D eigenvalue weighted by Crippen LogP contribution is -2.36. The molecule has 0 bridgehead atoms. The van der Waals surface area contributed by atoms with E-state index in [-0.39, 0.29) is 19.9 Å². The summed E-state index contributed by atoms with van der Waals surface area (Å²) >= 11 is 0. The zero-order valence-electron chi connectivity index (χ0n) is 98.8. The number of aliphatic imine (C=N–C) groups is 2. The first-order valence-corrected chi connectivity index (χ1v) is 59.0. The van der Waals surface area contributed by atoms with Gasteiger partial charge < -0.3 is 25.2 Å². The summed E-state index contributed by atoms with van der Waals surface area (Å²) in [5.41, 5.74) is 6.00. The van der Waals surface area contributed by atoms with E-state index in [1.54, 1.807) is 12.4 Å². The Morgan fingerprint density at radius 1 is 0.299 bits per heavy atom. The Labute approximate surface area is 847 Å². The molecule has 0 spiro atoms. The molecule has 0 atom stereocenters. The topological polar surface area (TPSA) is 228 Å². The van der Waals surface area contributed by atoms with E-state index in [9.17, 15) is 30.0 Å². The summed E-state index contributed by atoms with van der Waals surface area (Å²) in [6, 6.07) is 0. The van der Waals surface area contributed by atoms with E-state index < -0.39 is 29.5 Å². The van der Waals surface area contributed by atoms with Crippen molar-refractivity contribution in [1.29, 1.82) is 0 Å². The molecule has 134 heavy (non-hydrogen) atoms. The number of carbonyl (C=O) groups excluding carboxylic acids is 1. The second kappa shape index (κ2) is 92.8. The molecule has 3 aliphatic carbocycles. The predicted octanol–water partition coefficient (Wildman–Crippen LogP) is 34.7. The number of carbonyl (C=O) groups is 1. The molecule has 0 unspecified atom stereocenters. The fraction of sp³-hybridized carbons (Fsp3) is 0.912. The highest BCUT2D eigenvalue weighted by molar-refractivity contribution is 8.14. The highest BCUT2D eigenvalue weighted by Crippen LogP contribution is 2.22. The van der Waals surface area contributed by atoms with Crippen LogP contribution >= 0.6 is 10.5 Å². The minimum Gasteiger partial charge on any atom is -0.370 e. The number of sulfone groups is 3. The number of nitrogens with one attached hydrogen (secondary N) is 3. The van der Waals surface area contributed by atoms with Crippen LogP contribution in [0.4, 0.5) is 0 Å². The third-order valence-electron chi connectivity index (χ3n) is 12.2. The van der Waals surface area contributed by atoms with Crippen molar-refractivity contribution in [2.24, 2.45) is 75.0 Å². The molecule has 816 valence electrons. The fourth-order valence-electron chi connectivity index (χ4n) is 7.00. The van der Waals surface area contributed by atoms with Gasteiger partial charge in [-0.3, -0.25) is 14.8 Å². The summed E-state index contributed by atoms with van der Waals surface area (Å²) < 4.78 is 72.8. The monoisotopic (exact) mass is 1990 g/mol. The van der Waals surface area contributed by atoms with Gasteiger partial charge in [-0.05, 0) is 141 Å². The Kier molecular flexibility index (Phi) is 110. The number of aromatic nitrogens is 2. The van der Waals surface area contributed by atoms with E-state index >= 15 is 0 Å². The lowest BCUT2D eigenvalue weighted by atomic mass is 10.0. The zero-order chi connectivity index (χ0) is 107. The molecular formula is C114H247N7O9S4. The van der Waals surface area contributed by atoms with Gasteiger partial charge in [0, 0.05) is 57.3 Å². The van der Waals surface area contributed by atoms with Crippen LogP contribution in [0.15, 0.2) is 51.8 Å². The van der Waals surface area contributed by atoms with Crippen molar-refractivity contribution in [2.75, 3.05) is 92.0 Å². The van der Waals surface area contributed by atoms with Gasteiger partial charge in [-0.25, -0.2) is 30.2 Å². The van der Waals surface area contributed by atoms with Crippen molar-refractivity contribution in [2.45, 2.75) is 520 Å². The number of nitrogens with zero attached hydrogens (tertiary/aromatic N) is 4. The number of hydrogen-bond acceptors (Lipinski definition) is 15. The number of allylic oxidation sites excluding steroid dienone is 2. The third kappa shape index (κ3) is 347. The second-order valence-electron chi connectivity index (χ2n) is 55.1. The average Bonchev–Trinajstić information content (AvgIpc) is 0.956. The van der Waals surface area contributed by atoms with Gasteiger partial charge in [0.25, 0.3) is 0 Å². The molecule has 3 saturated carbocycles. The van der Waals surface area contributed by atoms with Crippen LogP contribution in [0, 0.1) is 65.0 Å². The first kappa shape index (κ1) is 159. The van der Waals surface area contributed by atoms with Crippen molar-refractivity contribution in [3.8, 4) is 0 Å². The standard InChI is InChI=1S/C6H12S.C6H12.C5H11N.2C5H10O2S.12C5H12.C4H9NO2S.C4H7NO2.2C4H5N.2C4H8.C2H2N2O.CH4/c1-7-5-3-2-4-6-7;2*1-2-4-6-5-3-1;2*6-8(7)4-2-1-3-5-8;12*1-5(2,3)4;6-8(7)3-1-5-2-4-8;6-4-3-7-2-1-5-4;2*1-2-4-5-3-1;2*1-2-4-3-1;1-3-2-5-4-1;/h1-6H2;1-6H2;6H,1-5H2;2*1-5H2;12*1-4H3;5H,1-4H2;1-3H2,(H,5,6);2*1,3-4H,2H2;2*1-4H2;1-2H;1H4. The maximum atomic E-state index is 10.7. The van der Waals surface area contributed by atoms with Gasteiger partial charge in [0.05, 0.1) is 41.1 Å². The molecule has 6 saturated heterocycles. The Hall–Kier alpha value is -2.62. The van der Waals surface area contributed by atoms with E-state index in [2.05, 4.69) is 379 Å². The quantitative estimate of drug-likeness (QED) is 0.206. The number of hydrogen-bond donors (Lipinski definition) is 3. The van der Waals surface area contributed by atoms with E-state index in [0.29, 0.717) is 136 Å². The first-order valence-electron chi connectivity index (χ1n) is 51.8. The molecule has 9 heterocycles. The number of rotatable bonds is 0.